The van der Waals surface area contributed by atoms with E-state index in [1.54, 1.807) is 0 Å². The van der Waals surface area contributed by atoms with Gasteiger partial charge < -0.3 is 4.90 Å². The second kappa shape index (κ2) is 7.71. The van der Waals surface area contributed by atoms with Crippen molar-refractivity contribution in [2.24, 2.45) is 0 Å². The Hall–Kier alpha value is -2.32. The molecule has 0 aliphatic rings. The number of rotatable bonds is 6. The smallest absolute Gasteiger partial charge is 0.228 e. The van der Waals surface area contributed by atoms with E-state index in [0.717, 1.165) is 6.26 Å². The average molecular weight is 368 g/mol. The number of hydrogen-bond acceptors (Lipinski definition) is 3. The first-order chi connectivity index (χ1) is 11.7. The second-order valence-corrected chi connectivity index (χ2v) is 7.41. The van der Waals surface area contributed by atoms with Crippen LogP contribution in [-0.4, -0.2) is 27.6 Å². The Morgan fingerprint density at radius 3 is 2.00 bits per heavy atom. The van der Waals surface area contributed by atoms with E-state index in [9.17, 15) is 22.0 Å². The number of nitrogens with zero attached hydrogens (tertiary/aromatic N) is 1. The Bertz CT molecular complexity index is 837. The topological polar surface area (TPSA) is 66.5 Å². The number of anilines is 1. The molecule has 0 aliphatic heterocycles. The first kappa shape index (κ1) is 19.0. The van der Waals surface area contributed by atoms with E-state index in [1.165, 1.54) is 60.5 Å². The van der Waals surface area contributed by atoms with Gasteiger partial charge in [0.2, 0.25) is 15.9 Å². The molecule has 1 amide bonds. The highest BCUT2D eigenvalue weighted by Gasteiger charge is 2.22. The summed E-state index contributed by atoms with van der Waals surface area (Å²) in [4.78, 5) is 13.8. The number of nitrogens with one attached hydrogen (secondary N) is 1. The van der Waals surface area contributed by atoms with Gasteiger partial charge in [0.15, 0.2) is 0 Å². The maximum absolute atomic E-state index is 13.1. The minimum Gasteiger partial charge on any atom is -0.315 e. The summed E-state index contributed by atoms with van der Waals surface area (Å²) in [5.74, 6) is -1.26. The number of benzene rings is 2. The molecular weight excluding hydrogens is 350 g/mol. The molecule has 0 spiro atoms. The van der Waals surface area contributed by atoms with Gasteiger partial charge in [0.1, 0.15) is 11.6 Å². The van der Waals surface area contributed by atoms with E-state index in [2.05, 4.69) is 4.72 Å². The summed E-state index contributed by atoms with van der Waals surface area (Å²) in [5.41, 5.74) is 0.941. The van der Waals surface area contributed by atoms with E-state index in [1.807, 2.05) is 0 Å². The van der Waals surface area contributed by atoms with Crippen LogP contribution in [0.25, 0.3) is 0 Å². The van der Waals surface area contributed by atoms with Crippen molar-refractivity contribution in [3.63, 3.8) is 0 Å². The zero-order chi connectivity index (χ0) is 18.6. The number of carbonyl (C=O) groups is 1. The van der Waals surface area contributed by atoms with Crippen molar-refractivity contribution in [3.05, 3.63) is 65.7 Å². The van der Waals surface area contributed by atoms with E-state index in [4.69, 9.17) is 0 Å². The van der Waals surface area contributed by atoms with Gasteiger partial charge >= 0.3 is 0 Å². The summed E-state index contributed by atoms with van der Waals surface area (Å²) in [5, 5.41) is 0. The fourth-order valence-corrected chi connectivity index (χ4v) is 3.04. The fraction of sp³-hybridized carbons (Fsp3) is 0.235. The van der Waals surface area contributed by atoms with Gasteiger partial charge in [-0.25, -0.2) is 21.9 Å². The summed E-state index contributed by atoms with van der Waals surface area (Å²) in [7, 11) is -2.08. The fourth-order valence-electron chi connectivity index (χ4n) is 2.30. The number of sulfonamides is 1. The van der Waals surface area contributed by atoms with Crippen molar-refractivity contribution in [1.82, 2.24) is 4.72 Å². The van der Waals surface area contributed by atoms with Crippen LogP contribution < -0.4 is 9.62 Å². The van der Waals surface area contributed by atoms with Crippen molar-refractivity contribution in [3.8, 4) is 0 Å². The highest BCUT2D eigenvalue weighted by atomic mass is 32.2. The predicted octanol–water partition coefficient (Wildman–Crippen LogP) is 2.61. The Kier molecular flexibility index (Phi) is 5.86. The van der Waals surface area contributed by atoms with Crippen LogP contribution in [0.2, 0.25) is 0 Å². The molecule has 5 nitrogen and oxygen atoms in total. The maximum Gasteiger partial charge on any atom is 0.228 e. The molecule has 0 heterocycles. The van der Waals surface area contributed by atoms with Crippen LogP contribution in [0.3, 0.4) is 0 Å². The quantitative estimate of drug-likeness (QED) is 0.852. The molecule has 0 bridgehead atoms. The molecule has 1 N–H and O–H groups in total. The summed E-state index contributed by atoms with van der Waals surface area (Å²) >= 11 is 0. The van der Waals surface area contributed by atoms with Gasteiger partial charge in [-0.2, -0.15) is 0 Å². The number of hydrogen-bond donors (Lipinski definition) is 1. The van der Waals surface area contributed by atoms with Crippen LogP contribution in [0.4, 0.5) is 14.5 Å². The molecule has 0 radical (unpaired) electrons. The van der Waals surface area contributed by atoms with Crippen molar-refractivity contribution in [2.75, 3.05) is 18.2 Å². The molecular formula is C17H18F2N2O3S. The largest absolute Gasteiger partial charge is 0.315 e. The van der Waals surface area contributed by atoms with Gasteiger partial charge in [0.25, 0.3) is 0 Å². The Morgan fingerprint density at radius 1 is 1.04 bits per heavy atom. The molecule has 0 fully saturated rings. The molecule has 25 heavy (non-hydrogen) atoms. The Balaban J connectivity index is 2.21. The molecule has 0 aliphatic carbocycles. The zero-order valence-electron chi connectivity index (χ0n) is 13.7. The highest BCUT2D eigenvalue weighted by Crippen LogP contribution is 2.21. The van der Waals surface area contributed by atoms with Crippen LogP contribution in [0, 0.1) is 11.6 Å². The molecule has 0 saturated carbocycles. The second-order valence-electron chi connectivity index (χ2n) is 5.63. The lowest BCUT2D eigenvalue weighted by molar-refractivity contribution is -0.118. The predicted molar refractivity (Wildman–Crippen MR) is 91.5 cm³/mol. The molecule has 0 aromatic heterocycles. The minimum atomic E-state index is -3.59. The third-order valence-electron chi connectivity index (χ3n) is 3.60. The molecule has 2 aromatic rings. The minimum absolute atomic E-state index is 0.174. The van der Waals surface area contributed by atoms with Crippen molar-refractivity contribution in [2.45, 2.75) is 12.5 Å². The first-order valence-corrected chi connectivity index (χ1v) is 9.30. The van der Waals surface area contributed by atoms with Crippen LogP contribution in [-0.2, 0) is 14.8 Å². The SMILES string of the molecule is CN(C(=O)C[C@H](NS(C)(=O)=O)c1ccc(F)cc1)c1ccc(F)cc1. The third kappa shape index (κ3) is 5.61. The molecule has 0 unspecified atom stereocenters. The van der Waals surface area contributed by atoms with E-state index < -0.39 is 27.7 Å². The average Bonchev–Trinajstić information content (AvgIpc) is 2.53. The molecule has 2 rings (SSSR count). The third-order valence-corrected chi connectivity index (χ3v) is 4.31. The normalized spacial score (nSPS) is 12.6. The van der Waals surface area contributed by atoms with Gasteiger partial charge in [-0.05, 0) is 42.0 Å². The van der Waals surface area contributed by atoms with Crippen molar-refractivity contribution in [1.29, 1.82) is 0 Å². The van der Waals surface area contributed by atoms with Gasteiger partial charge in [0, 0.05) is 19.2 Å². The monoisotopic (exact) mass is 368 g/mol. The molecule has 8 heteroatoms. The molecule has 1 atom stereocenters. The molecule has 2 aromatic carbocycles. The molecule has 134 valence electrons. The molecule has 0 saturated heterocycles. The van der Waals surface area contributed by atoms with Crippen LogP contribution in [0.5, 0.6) is 0 Å². The standard InChI is InChI=1S/C17H18F2N2O3S/c1-21(15-9-7-14(19)8-10-15)17(22)11-16(20-25(2,23)24)12-3-5-13(18)6-4-12/h3-10,16,20H,11H2,1-2H3/t16-/m0/s1. The lowest BCUT2D eigenvalue weighted by Crippen LogP contribution is -2.34. The van der Waals surface area contributed by atoms with E-state index in [-0.39, 0.29) is 12.3 Å². The van der Waals surface area contributed by atoms with Gasteiger partial charge in [0.05, 0.1) is 12.3 Å². The Morgan fingerprint density at radius 2 is 1.52 bits per heavy atom. The van der Waals surface area contributed by atoms with Gasteiger partial charge in [-0.15, -0.1) is 0 Å². The van der Waals surface area contributed by atoms with Gasteiger partial charge in [-0.1, -0.05) is 12.1 Å². The lowest BCUT2D eigenvalue weighted by atomic mass is 10.0. The number of amides is 1. The summed E-state index contributed by atoms with van der Waals surface area (Å²) < 4.78 is 51.6. The lowest BCUT2D eigenvalue weighted by Gasteiger charge is -2.22. The van der Waals surface area contributed by atoms with Crippen molar-refractivity contribution >= 4 is 21.6 Å². The first-order valence-electron chi connectivity index (χ1n) is 7.40. The highest BCUT2D eigenvalue weighted by molar-refractivity contribution is 7.88. The maximum atomic E-state index is 13.1. The van der Waals surface area contributed by atoms with E-state index >= 15 is 0 Å². The number of halogens is 2. The zero-order valence-corrected chi connectivity index (χ0v) is 14.6. The summed E-state index contributed by atoms with van der Waals surface area (Å²) in [6, 6.07) is 9.74. The van der Waals surface area contributed by atoms with Crippen LogP contribution in [0.15, 0.2) is 48.5 Å². The van der Waals surface area contributed by atoms with Crippen molar-refractivity contribution < 1.29 is 22.0 Å². The van der Waals surface area contributed by atoms with Crippen LogP contribution in [0.1, 0.15) is 18.0 Å². The summed E-state index contributed by atoms with van der Waals surface area (Å²) in [6.45, 7) is 0. The Labute approximate surface area is 145 Å². The van der Waals surface area contributed by atoms with E-state index in [0.29, 0.717) is 11.3 Å². The number of carbonyl (C=O) groups excluding carboxylic acids is 1. The summed E-state index contributed by atoms with van der Waals surface area (Å²) in [6.07, 6.45) is 0.810. The van der Waals surface area contributed by atoms with Gasteiger partial charge in [-0.3, -0.25) is 4.79 Å². The van der Waals surface area contributed by atoms with Crippen LogP contribution >= 0.6 is 0 Å².